The molecule has 0 heterocycles. The average molecular weight is 399 g/mol. The van der Waals surface area contributed by atoms with Crippen molar-refractivity contribution in [1.82, 2.24) is 0 Å². The average Bonchev–Trinajstić information content (AvgIpc) is 2.72. The van der Waals surface area contributed by atoms with Crippen LogP contribution in [0.5, 0.6) is 11.5 Å². The van der Waals surface area contributed by atoms with Gasteiger partial charge in [0.2, 0.25) is 0 Å². The number of nitrogens with zero attached hydrogens (tertiary/aromatic N) is 1. The van der Waals surface area contributed by atoms with Crippen molar-refractivity contribution < 1.29 is 14.4 Å². The number of para-hydroxylation sites is 1. The topological polar surface area (TPSA) is 73.6 Å². The van der Waals surface area contributed by atoms with Gasteiger partial charge in [-0.15, -0.1) is 0 Å². The van der Waals surface area contributed by atoms with Crippen LogP contribution in [0.2, 0.25) is 5.02 Å². The first-order chi connectivity index (χ1) is 13.6. The van der Waals surface area contributed by atoms with Gasteiger partial charge in [0, 0.05) is 24.4 Å². The molecule has 0 atom stereocenters. The Labute approximate surface area is 167 Å². The lowest BCUT2D eigenvalue weighted by atomic mass is 10.2. The second kappa shape index (κ2) is 9.10. The van der Waals surface area contributed by atoms with Crippen LogP contribution in [0.3, 0.4) is 0 Å². The van der Waals surface area contributed by atoms with Crippen molar-refractivity contribution in [3.8, 4) is 11.5 Å². The zero-order valence-electron chi connectivity index (χ0n) is 15.2. The van der Waals surface area contributed by atoms with Gasteiger partial charge in [-0.25, -0.2) is 0 Å². The van der Waals surface area contributed by atoms with Crippen molar-refractivity contribution in [3.63, 3.8) is 0 Å². The van der Waals surface area contributed by atoms with Crippen molar-refractivity contribution in [1.29, 1.82) is 0 Å². The first-order valence-electron chi connectivity index (χ1n) is 8.58. The molecule has 1 N–H and O–H groups in total. The molecule has 144 valence electrons. The first-order valence-corrected chi connectivity index (χ1v) is 8.96. The van der Waals surface area contributed by atoms with E-state index >= 15 is 0 Å². The minimum absolute atomic E-state index is 0.0367. The SMILES string of the molecule is COc1cc(CNc2ccccc2)cc(Cl)c1OCc1ccc([N+](=O)[O-])cc1. The van der Waals surface area contributed by atoms with Crippen molar-refractivity contribution in [2.24, 2.45) is 0 Å². The number of hydrogen-bond donors (Lipinski definition) is 1. The number of nitro benzene ring substituents is 1. The van der Waals surface area contributed by atoms with E-state index in [-0.39, 0.29) is 12.3 Å². The second-order valence-electron chi connectivity index (χ2n) is 6.04. The molecule has 0 saturated carbocycles. The zero-order valence-corrected chi connectivity index (χ0v) is 16.0. The monoisotopic (exact) mass is 398 g/mol. The smallest absolute Gasteiger partial charge is 0.269 e. The Kier molecular flexibility index (Phi) is 6.34. The molecule has 3 rings (SSSR count). The van der Waals surface area contributed by atoms with Gasteiger partial charge in [-0.1, -0.05) is 29.8 Å². The lowest BCUT2D eigenvalue weighted by Gasteiger charge is -2.15. The van der Waals surface area contributed by atoms with E-state index in [1.54, 1.807) is 19.2 Å². The number of methoxy groups -OCH3 is 1. The van der Waals surface area contributed by atoms with E-state index < -0.39 is 4.92 Å². The number of rotatable bonds is 8. The summed E-state index contributed by atoms with van der Waals surface area (Å²) in [5, 5.41) is 14.5. The van der Waals surface area contributed by atoms with E-state index in [2.05, 4.69) is 5.32 Å². The lowest BCUT2D eigenvalue weighted by molar-refractivity contribution is -0.384. The molecule has 3 aromatic rings. The van der Waals surface area contributed by atoms with Crippen LogP contribution in [-0.4, -0.2) is 12.0 Å². The van der Waals surface area contributed by atoms with E-state index in [1.165, 1.54) is 12.1 Å². The van der Waals surface area contributed by atoms with Gasteiger partial charge in [-0.3, -0.25) is 10.1 Å². The van der Waals surface area contributed by atoms with Gasteiger partial charge < -0.3 is 14.8 Å². The summed E-state index contributed by atoms with van der Waals surface area (Å²) in [5.41, 5.74) is 2.79. The van der Waals surface area contributed by atoms with E-state index in [0.717, 1.165) is 16.8 Å². The molecule has 0 fully saturated rings. The normalized spacial score (nSPS) is 10.4. The molecule has 0 aliphatic heterocycles. The van der Waals surface area contributed by atoms with E-state index in [9.17, 15) is 10.1 Å². The minimum Gasteiger partial charge on any atom is -0.493 e. The number of benzene rings is 3. The van der Waals surface area contributed by atoms with Gasteiger partial charge in [0.05, 0.1) is 17.1 Å². The fourth-order valence-corrected chi connectivity index (χ4v) is 2.93. The minimum atomic E-state index is -0.438. The molecule has 0 radical (unpaired) electrons. The molecule has 0 aromatic heterocycles. The molecule has 0 bridgehead atoms. The van der Waals surface area contributed by atoms with Crippen LogP contribution >= 0.6 is 11.6 Å². The van der Waals surface area contributed by atoms with Gasteiger partial charge in [-0.2, -0.15) is 0 Å². The zero-order chi connectivity index (χ0) is 19.9. The number of hydrogen-bond acceptors (Lipinski definition) is 5. The number of nitrogens with one attached hydrogen (secondary N) is 1. The summed E-state index contributed by atoms with van der Waals surface area (Å²) in [6.45, 7) is 0.804. The summed E-state index contributed by atoms with van der Waals surface area (Å²) in [4.78, 5) is 10.3. The molecule has 0 saturated heterocycles. The first kappa shape index (κ1) is 19.5. The van der Waals surface area contributed by atoms with Gasteiger partial charge in [0.25, 0.3) is 5.69 Å². The molecule has 0 unspecified atom stereocenters. The summed E-state index contributed by atoms with van der Waals surface area (Å²) >= 11 is 6.41. The molecule has 6 nitrogen and oxygen atoms in total. The fourth-order valence-electron chi connectivity index (χ4n) is 2.64. The van der Waals surface area contributed by atoms with Crippen molar-refractivity contribution in [2.75, 3.05) is 12.4 Å². The maximum absolute atomic E-state index is 10.7. The summed E-state index contributed by atoms with van der Waals surface area (Å²) in [7, 11) is 1.55. The molecule has 7 heteroatoms. The fraction of sp³-hybridized carbons (Fsp3) is 0.143. The molecular weight excluding hydrogens is 380 g/mol. The molecule has 28 heavy (non-hydrogen) atoms. The van der Waals surface area contributed by atoms with Gasteiger partial charge >= 0.3 is 0 Å². The predicted octanol–water partition coefficient (Wildman–Crippen LogP) is 5.45. The predicted molar refractivity (Wildman–Crippen MR) is 109 cm³/mol. The third-order valence-corrected chi connectivity index (χ3v) is 4.37. The highest BCUT2D eigenvalue weighted by Crippen LogP contribution is 2.37. The molecule has 0 aliphatic carbocycles. The molecule has 3 aromatic carbocycles. The van der Waals surface area contributed by atoms with Crippen LogP contribution in [0.25, 0.3) is 0 Å². The summed E-state index contributed by atoms with van der Waals surface area (Å²) in [5.74, 6) is 0.963. The number of nitro groups is 1. The van der Waals surface area contributed by atoms with E-state index in [0.29, 0.717) is 23.1 Å². The van der Waals surface area contributed by atoms with Crippen LogP contribution in [0.15, 0.2) is 66.7 Å². The third kappa shape index (κ3) is 4.92. The third-order valence-electron chi connectivity index (χ3n) is 4.09. The molecular formula is C21H19ClN2O4. The van der Waals surface area contributed by atoms with E-state index in [4.69, 9.17) is 21.1 Å². The second-order valence-corrected chi connectivity index (χ2v) is 6.45. The van der Waals surface area contributed by atoms with E-state index in [1.807, 2.05) is 42.5 Å². The highest BCUT2D eigenvalue weighted by molar-refractivity contribution is 6.32. The maximum atomic E-state index is 10.7. The molecule has 0 spiro atoms. The standard InChI is InChI=1S/C21H19ClN2O4/c1-27-20-12-16(13-23-17-5-3-2-4-6-17)11-19(22)21(20)28-14-15-7-9-18(10-8-15)24(25)26/h2-12,23H,13-14H2,1H3. The number of halogens is 1. The van der Waals surface area contributed by atoms with Crippen molar-refractivity contribution >= 4 is 23.0 Å². The number of non-ortho nitro benzene ring substituents is 1. The summed E-state index contributed by atoms with van der Waals surface area (Å²) in [6, 6.07) is 19.7. The maximum Gasteiger partial charge on any atom is 0.269 e. The Morgan fingerprint density at radius 2 is 1.75 bits per heavy atom. The van der Waals surface area contributed by atoms with Crippen LogP contribution in [-0.2, 0) is 13.2 Å². The highest BCUT2D eigenvalue weighted by Gasteiger charge is 2.13. The number of anilines is 1. The molecule has 0 amide bonds. The Hall–Kier alpha value is -3.25. The Balaban J connectivity index is 1.69. The number of ether oxygens (including phenoxy) is 2. The largest absolute Gasteiger partial charge is 0.493 e. The van der Waals surface area contributed by atoms with Crippen molar-refractivity contribution in [2.45, 2.75) is 13.2 Å². The molecule has 0 aliphatic rings. The van der Waals surface area contributed by atoms with Crippen molar-refractivity contribution in [3.05, 3.63) is 93.0 Å². The van der Waals surface area contributed by atoms with Crippen LogP contribution < -0.4 is 14.8 Å². The van der Waals surface area contributed by atoms with Crippen LogP contribution in [0, 0.1) is 10.1 Å². The van der Waals surface area contributed by atoms with Gasteiger partial charge in [0.1, 0.15) is 6.61 Å². The highest BCUT2D eigenvalue weighted by atomic mass is 35.5. The quantitative estimate of drug-likeness (QED) is 0.403. The van der Waals surface area contributed by atoms with Crippen LogP contribution in [0.1, 0.15) is 11.1 Å². The Morgan fingerprint density at radius 1 is 1.04 bits per heavy atom. The Bertz CT molecular complexity index is 947. The summed E-state index contributed by atoms with van der Waals surface area (Å²) < 4.78 is 11.2. The Morgan fingerprint density at radius 3 is 2.39 bits per heavy atom. The van der Waals surface area contributed by atoms with Crippen LogP contribution in [0.4, 0.5) is 11.4 Å². The lowest BCUT2D eigenvalue weighted by Crippen LogP contribution is -2.02. The van der Waals surface area contributed by atoms with Gasteiger partial charge in [-0.05, 0) is 47.5 Å². The van der Waals surface area contributed by atoms with Gasteiger partial charge in [0.15, 0.2) is 11.5 Å². The summed E-state index contributed by atoms with van der Waals surface area (Å²) in [6.07, 6.45) is 0.